The number of hydrogen-bond acceptors (Lipinski definition) is 5. The van der Waals surface area contributed by atoms with Gasteiger partial charge in [-0.3, -0.25) is 9.59 Å². The largest absolute Gasteiger partial charge is 0.465 e. The van der Waals surface area contributed by atoms with Crippen LogP contribution in [-0.2, 0) is 16.1 Å². The van der Waals surface area contributed by atoms with Gasteiger partial charge in [0.05, 0.1) is 5.69 Å². The molecule has 0 aromatic carbocycles. The van der Waals surface area contributed by atoms with E-state index in [0.29, 0.717) is 18.8 Å². The number of hydrogen-bond donors (Lipinski definition) is 1. The number of amides is 2. The second-order valence-electron chi connectivity index (χ2n) is 4.86. The van der Waals surface area contributed by atoms with Crippen molar-refractivity contribution in [3.63, 3.8) is 0 Å². The molecule has 1 N–H and O–H groups in total. The molecule has 1 aliphatic heterocycles. The summed E-state index contributed by atoms with van der Waals surface area (Å²) in [5.41, 5.74) is 0.749. The molecule has 0 bridgehead atoms. The predicted molar refractivity (Wildman–Crippen MR) is 75.2 cm³/mol. The van der Waals surface area contributed by atoms with Crippen LogP contribution in [0.2, 0.25) is 0 Å². The second kappa shape index (κ2) is 6.88. The minimum absolute atomic E-state index is 0.0171. The lowest BCUT2D eigenvalue weighted by Gasteiger charge is -2.32. The molecule has 0 saturated carbocycles. The van der Waals surface area contributed by atoms with E-state index in [4.69, 9.17) is 9.84 Å². The van der Waals surface area contributed by atoms with E-state index in [1.165, 1.54) is 11.8 Å². The first kappa shape index (κ1) is 15.7. The van der Waals surface area contributed by atoms with Crippen LogP contribution in [0.15, 0.2) is 18.2 Å². The highest BCUT2D eigenvalue weighted by Crippen LogP contribution is 2.09. The van der Waals surface area contributed by atoms with Gasteiger partial charge in [-0.2, -0.15) is 0 Å². The van der Waals surface area contributed by atoms with Gasteiger partial charge in [0.15, 0.2) is 0 Å². The molecule has 0 aliphatic carbocycles. The van der Waals surface area contributed by atoms with Crippen molar-refractivity contribution in [2.45, 2.75) is 13.5 Å². The number of carbonyl (C=O) groups excluding carboxylic acids is 2. The number of piperazine rings is 1. The molecule has 1 fully saturated rings. The normalized spacial score (nSPS) is 14.6. The number of rotatable bonds is 3. The number of aromatic nitrogens is 1. The zero-order valence-corrected chi connectivity index (χ0v) is 12.2. The van der Waals surface area contributed by atoms with Crippen molar-refractivity contribution >= 4 is 18.0 Å². The van der Waals surface area contributed by atoms with Gasteiger partial charge in [-0.1, -0.05) is 6.07 Å². The summed E-state index contributed by atoms with van der Waals surface area (Å²) in [5.74, 6) is -0.668. The third kappa shape index (κ3) is 3.94. The molecule has 2 amide bonds. The van der Waals surface area contributed by atoms with Crippen LogP contribution in [0.5, 0.6) is 0 Å². The summed E-state index contributed by atoms with van der Waals surface area (Å²) in [6, 6.07) is 4.93. The fraction of sp³-hybridized carbons (Fsp3) is 0.429. The van der Waals surface area contributed by atoms with Crippen molar-refractivity contribution in [2.75, 3.05) is 26.2 Å². The van der Waals surface area contributed by atoms with Crippen molar-refractivity contribution in [3.05, 3.63) is 29.6 Å². The van der Waals surface area contributed by atoms with E-state index in [1.807, 2.05) is 0 Å². The van der Waals surface area contributed by atoms with Crippen molar-refractivity contribution in [3.8, 4) is 0 Å². The Labute approximate surface area is 127 Å². The highest BCUT2D eigenvalue weighted by Gasteiger charge is 2.25. The van der Waals surface area contributed by atoms with Crippen molar-refractivity contribution in [1.29, 1.82) is 0 Å². The lowest BCUT2D eigenvalue weighted by atomic mass is 10.2. The first-order valence-electron chi connectivity index (χ1n) is 6.84. The number of esters is 1. The predicted octanol–water partition coefficient (Wildman–Crippen LogP) is 0.581. The first-order chi connectivity index (χ1) is 10.5. The lowest BCUT2D eigenvalue weighted by molar-refractivity contribution is -0.142. The van der Waals surface area contributed by atoms with Crippen LogP contribution in [0.3, 0.4) is 0 Å². The number of carboxylic acid groups (broad SMARTS) is 1. The zero-order valence-electron chi connectivity index (χ0n) is 12.2. The molecule has 118 valence electrons. The third-order valence-corrected chi connectivity index (χ3v) is 3.29. The van der Waals surface area contributed by atoms with E-state index in [2.05, 4.69) is 4.98 Å². The average molecular weight is 307 g/mol. The van der Waals surface area contributed by atoms with Crippen LogP contribution >= 0.6 is 0 Å². The fourth-order valence-corrected chi connectivity index (χ4v) is 2.12. The van der Waals surface area contributed by atoms with Gasteiger partial charge in [-0.25, -0.2) is 9.78 Å². The molecule has 1 saturated heterocycles. The van der Waals surface area contributed by atoms with Gasteiger partial charge >= 0.3 is 12.1 Å². The van der Waals surface area contributed by atoms with Gasteiger partial charge < -0.3 is 19.6 Å². The lowest BCUT2D eigenvalue weighted by Crippen LogP contribution is -2.50. The van der Waals surface area contributed by atoms with E-state index in [1.54, 1.807) is 23.1 Å². The maximum absolute atomic E-state index is 12.4. The summed E-state index contributed by atoms with van der Waals surface area (Å²) in [6.07, 6.45) is -0.978. The van der Waals surface area contributed by atoms with E-state index >= 15 is 0 Å². The Morgan fingerprint density at radius 3 is 2.41 bits per heavy atom. The summed E-state index contributed by atoms with van der Waals surface area (Å²) < 4.78 is 4.85. The Balaban J connectivity index is 1.99. The zero-order chi connectivity index (χ0) is 16.1. The van der Waals surface area contributed by atoms with E-state index < -0.39 is 12.1 Å². The first-order valence-corrected chi connectivity index (χ1v) is 6.84. The molecule has 0 atom stereocenters. The van der Waals surface area contributed by atoms with Crippen LogP contribution in [0.25, 0.3) is 0 Å². The average Bonchev–Trinajstić information content (AvgIpc) is 2.52. The Morgan fingerprint density at radius 2 is 1.82 bits per heavy atom. The Hall–Kier alpha value is -2.64. The summed E-state index contributed by atoms with van der Waals surface area (Å²) in [7, 11) is 0. The van der Waals surface area contributed by atoms with Crippen LogP contribution in [0, 0.1) is 0 Å². The monoisotopic (exact) mass is 307 g/mol. The molecule has 22 heavy (non-hydrogen) atoms. The summed E-state index contributed by atoms with van der Waals surface area (Å²) in [6.45, 7) is 2.56. The molecular formula is C14H17N3O5. The molecule has 2 rings (SSSR count). The standard InChI is InChI=1S/C14H17N3O5/c1-10(18)22-9-11-3-2-4-12(15-11)13(19)16-5-7-17(8-6-16)14(20)21/h2-4H,5-9H2,1H3,(H,20,21). The number of nitrogens with zero attached hydrogens (tertiary/aromatic N) is 3. The van der Waals surface area contributed by atoms with Gasteiger partial charge in [-0.15, -0.1) is 0 Å². The van der Waals surface area contributed by atoms with E-state index in [-0.39, 0.29) is 31.3 Å². The topological polar surface area (TPSA) is 100 Å². The van der Waals surface area contributed by atoms with Gasteiger partial charge in [0.2, 0.25) is 0 Å². The minimum atomic E-state index is -0.978. The molecule has 8 nitrogen and oxygen atoms in total. The highest BCUT2D eigenvalue weighted by atomic mass is 16.5. The molecule has 0 spiro atoms. The van der Waals surface area contributed by atoms with Crippen molar-refractivity contribution in [1.82, 2.24) is 14.8 Å². The van der Waals surface area contributed by atoms with E-state index in [0.717, 1.165) is 0 Å². The smallest absolute Gasteiger partial charge is 0.407 e. The van der Waals surface area contributed by atoms with Crippen LogP contribution in [-0.4, -0.2) is 64.0 Å². The Bertz CT molecular complexity index is 582. The maximum Gasteiger partial charge on any atom is 0.407 e. The molecule has 0 radical (unpaired) electrons. The molecular weight excluding hydrogens is 290 g/mol. The van der Waals surface area contributed by atoms with Crippen molar-refractivity contribution < 1.29 is 24.2 Å². The summed E-state index contributed by atoms with van der Waals surface area (Å²) in [5, 5.41) is 8.89. The van der Waals surface area contributed by atoms with Gasteiger partial charge in [0.1, 0.15) is 12.3 Å². The molecule has 1 aromatic heterocycles. The second-order valence-corrected chi connectivity index (χ2v) is 4.86. The maximum atomic E-state index is 12.4. The SMILES string of the molecule is CC(=O)OCc1cccc(C(=O)N2CCN(C(=O)O)CC2)n1. The van der Waals surface area contributed by atoms with Crippen LogP contribution in [0.1, 0.15) is 23.1 Å². The number of carbonyl (C=O) groups is 3. The molecule has 1 aromatic rings. The molecule has 0 unspecified atom stereocenters. The summed E-state index contributed by atoms with van der Waals surface area (Å²) in [4.78, 5) is 41.0. The number of pyridine rings is 1. The van der Waals surface area contributed by atoms with Crippen LogP contribution in [0.4, 0.5) is 4.79 Å². The summed E-state index contributed by atoms with van der Waals surface area (Å²) >= 11 is 0. The van der Waals surface area contributed by atoms with Gasteiger partial charge in [0, 0.05) is 33.1 Å². The fourth-order valence-electron chi connectivity index (χ4n) is 2.12. The van der Waals surface area contributed by atoms with Gasteiger partial charge in [0.25, 0.3) is 5.91 Å². The highest BCUT2D eigenvalue weighted by molar-refractivity contribution is 5.92. The van der Waals surface area contributed by atoms with Gasteiger partial charge in [-0.05, 0) is 12.1 Å². The molecule has 8 heteroatoms. The number of ether oxygens (including phenoxy) is 1. The third-order valence-electron chi connectivity index (χ3n) is 3.29. The minimum Gasteiger partial charge on any atom is -0.465 e. The van der Waals surface area contributed by atoms with Crippen LogP contribution < -0.4 is 0 Å². The quantitative estimate of drug-likeness (QED) is 0.820. The molecule has 1 aliphatic rings. The van der Waals surface area contributed by atoms with Crippen molar-refractivity contribution in [2.24, 2.45) is 0 Å². The van der Waals surface area contributed by atoms with E-state index in [9.17, 15) is 14.4 Å². The Morgan fingerprint density at radius 1 is 1.18 bits per heavy atom. The Kier molecular flexibility index (Phi) is 4.92. The molecule has 2 heterocycles.